The molecule has 0 radical (unpaired) electrons. The largest absolute Gasteiger partial charge is 0.368 e. The molecule has 1 aliphatic rings. The molecule has 11 heteroatoms. The van der Waals surface area contributed by atoms with Crippen molar-refractivity contribution in [3.8, 4) is 0 Å². The van der Waals surface area contributed by atoms with E-state index in [0.717, 1.165) is 12.8 Å². The highest BCUT2D eigenvalue weighted by Gasteiger charge is 2.19. The summed E-state index contributed by atoms with van der Waals surface area (Å²) in [5.74, 6) is 0.778. The molecule has 10 nitrogen and oxygen atoms in total. The Hall–Kier alpha value is -1.74. The van der Waals surface area contributed by atoms with Gasteiger partial charge in [-0.15, -0.1) is 0 Å². The van der Waals surface area contributed by atoms with Gasteiger partial charge in [-0.25, -0.2) is 4.98 Å². The lowest BCUT2D eigenvalue weighted by Crippen LogP contribution is -2.17. The minimum Gasteiger partial charge on any atom is -0.368 e. The first-order valence-electron chi connectivity index (χ1n) is 7.79. The molecule has 0 amide bonds. The molecule has 132 valence electrons. The molecule has 0 unspecified atom stereocenters. The number of fused-ring (bicyclic) bond motifs is 1. The molecule has 0 saturated heterocycles. The van der Waals surface area contributed by atoms with Gasteiger partial charge in [0.05, 0.1) is 12.9 Å². The quantitative estimate of drug-likeness (QED) is 0.419. The molecule has 2 heterocycles. The van der Waals surface area contributed by atoms with E-state index in [2.05, 4.69) is 20.3 Å². The fraction of sp³-hybridized carbons (Fsp3) is 0.615. The number of hydrogen-bond acceptors (Lipinski definition) is 7. The molecule has 1 fully saturated rings. The maximum atomic E-state index is 10.8. The minimum atomic E-state index is -4.16. The number of nitrogens with two attached hydrogens (primary N) is 1. The van der Waals surface area contributed by atoms with Gasteiger partial charge in [-0.05, 0) is 12.8 Å². The molecular weight excluding hydrogens is 335 g/mol. The Morgan fingerprint density at radius 3 is 2.83 bits per heavy atom. The first-order chi connectivity index (χ1) is 11.4. The third-order valence-electron chi connectivity index (χ3n) is 3.91. The Morgan fingerprint density at radius 1 is 1.38 bits per heavy atom. The van der Waals surface area contributed by atoms with Crippen molar-refractivity contribution in [2.24, 2.45) is 0 Å². The van der Waals surface area contributed by atoms with Gasteiger partial charge >= 0.3 is 7.60 Å². The van der Waals surface area contributed by atoms with Crippen LogP contribution in [0.2, 0.25) is 0 Å². The van der Waals surface area contributed by atoms with Crippen LogP contribution >= 0.6 is 7.60 Å². The van der Waals surface area contributed by atoms with Crippen molar-refractivity contribution in [1.82, 2.24) is 19.5 Å². The third-order valence-corrected chi connectivity index (χ3v) is 4.43. The second kappa shape index (κ2) is 7.02. The first kappa shape index (κ1) is 17.1. The SMILES string of the molecule is Nc1nc(NC2CCCC2)c2ncn(CCOCP(=O)(O)O)c2n1. The van der Waals surface area contributed by atoms with Gasteiger partial charge in [0.2, 0.25) is 5.95 Å². The fourth-order valence-corrected chi connectivity index (χ4v) is 3.20. The van der Waals surface area contributed by atoms with E-state index in [1.807, 2.05) is 0 Å². The van der Waals surface area contributed by atoms with Crippen molar-refractivity contribution in [3.05, 3.63) is 6.33 Å². The van der Waals surface area contributed by atoms with Crippen molar-refractivity contribution in [1.29, 1.82) is 0 Å². The van der Waals surface area contributed by atoms with Crippen LogP contribution in [-0.2, 0) is 15.8 Å². The number of hydrogen-bond donors (Lipinski definition) is 4. The number of anilines is 2. The average molecular weight is 356 g/mol. The van der Waals surface area contributed by atoms with Gasteiger partial charge in [0.15, 0.2) is 17.0 Å². The molecule has 2 aromatic rings. The van der Waals surface area contributed by atoms with E-state index in [-0.39, 0.29) is 12.6 Å². The topological polar surface area (TPSA) is 148 Å². The summed E-state index contributed by atoms with van der Waals surface area (Å²) in [5, 5.41) is 3.38. The predicted molar refractivity (Wildman–Crippen MR) is 88.5 cm³/mol. The summed E-state index contributed by atoms with van der Waals surface area (Å²) in [4.78, 5) is 30.4. The van der Waals surface area contributed by atoms with Crippen molar-refractivity contribution < 1.29 is 19.1 Å². The van der Waals surface area contributed by atoms with Crippen LogP contribution in [0.3, 0.4) is 0 Å². The number of imidazole rings is 1. The number of ether oxygens (including phenoxy) is 1. The van der Waals surface area contributed by atoms with Gasteiger partial charge in [-0.1, -0.05) is 12.8 Å². The summed E-state index contributed by atoms with van der Waals surface area (Å²) in [6.07, 6.45) is 5.59. The Labute approximate surface area is 138 Å². The smallest absolute Gasteiger partial charge is 0.350 e. The Kier molecular flexibility index (Phi) is 5.00. The van der Waals surface area contributed by atoms with Crippen LogP contribution in [0.15, 0.2) is 6.33 Å². The van der Waals surface area contributed by atoms with E-state index < -0.39 is 13.9 Å². The normalized spacial score (nSPS) is 16.1. The molecule has 0 spiro atoms. The summed E-state index contributed by atoms with van der Waals surface area (Å²) >= 11 is 0. The number of nitrogens with zero attached hydrogens (tertiary/aromatic N) is 4. The molecule has 5 N–H and O–H groups in total. The summed E-state index contributed by atoms with van der Waals surface area (Å²) in [6.45, 7) is 0.488. The summed E-state index contributed by atoms with van der Waals surface area (Å²) in [6, 6.07) is 0.374. The molecular formula is C13H21N6O4P. The van der Waals surface area contributed by atoms with E-state index >= 15 is 0 Å². The first-order valence-corrected chi connectivity index (χ1v) is 9.59. The zero-order chi connectivity index (χ0) is 17.2. The van der Waals surface area contributed by atoms with Crippen LogP contribution in [0, 0.1) is 0 Å². The number of rotatable bonds is 7. The lowest BCUT2D eigenvalue weighted by molar-refractivity contribution is 0.149. The van der Waals surface area contributed by atoms with E-state index in [4.69, 9.17) is 20.3 Å². The van der Waals surface area contributed by atoms with Crippen LogP contribution in [0.4, 0.5) is 11.8 Å². The van der Waals surface area contributed by atoms with Crippen LogP contribution < -0.4 is 11.1 Å². The van der Waals surface area contributed by atoms with Gasteiger partial charge in [0.25, 0.3) is 0 Å². The zero-order valence-electron chi connectivity index (χ0n) is 13.1. The van der Waals surface area contributed by atoms with E-state index in [0.29, 0.717) is 29.6 Å². The highest BCUT2D eigenvalue weighted by molar-refractivity contribution is 7.51. The van der Waals surface area contributed by atoms with E-state index in [9.17, 15) is 4.57 Å². The molecule has 0 atom stereocenters. The van der Waals surface area contributed by atoms with Gasteiger partial charge in [-0.3, -0.25) is 4.57 Å². The van der Waals surface area contributed by atoms with Crippen molar-refractivity contribution in [2.75, 3.05) is 24.0 Å². The van der Waals surface area contributed by atoms with Crippen LogP contribution in [-0.4, -0.2) is 48.3 Å². The summed E-state index contributed by atoms with van der Waals surface area (Å²) in [7, 11) is -4.16. The summed E-state index contributed by atoms with van der Waals surface area (Å²) < 4.78 is 17.5. The second-order valence-corrected chi connectivity index (χ2v) is 7.46. The lowest BCUT2D eigenvalue weighted by atomic mass is 10.2. The van der Waals surface area contributed by atoms with Gasteiger partial charge in [0.1, 0.15) is 6.35 Å². The maximum absolute atomic E-state index is 10.8. The van der Waals surface area contributed by atoms with Crippen LogP contribution in [0.25, 0.3) is 11.2 Å². The number of nitrogens with one attached hydrogen (secondary N) is 1. The lowest BCUT2D eigenvalue weighted by Gasteiger charge is -2.13. The molecule has 1 saturated carbocycles. The molecule has 24 heavy (non-hydrogen) atoms. The Morgan fingerprint density at radius 2 is 2.12 bits per heavy atom. The fourth-order valence-electron chi connectivity index (χ4n) is 2.84. The maximum Gasteiger partial charge on any atom is 0.350 e. The molecule has 0 bridgehead atoms. The van der Waals surface area contributed by atoms with Crippen LogP contribution in [0.1, 0.15) is 25.7 Å². The van der Waals surface area contributed by atoms with Gasteiger partial charge in [-0.2, -0.15) is 9.97 Å². The minimum absolute atomic E-state index is 0.131. The number of nitrogen functional groups attached to an aromatic ring is 1. The second-order valence-electron chi connectivity index (χ2n) is 5.87. The summed E-state index contributed by atoms with van der Waals surface area (Å²) in [5.41, 5.74) is 7.00. The Bertz CT molecular complexity index is 754. The van der Waals surface area contributed by atoms with Crippen molar-refractivity contribution in [3.63, 3.8) is 0 Å². The Balaban J connectivity index is 1.73. The molecule has 0 aliphatic heterocycles. The standard InChI is InChI=1S/C13H21N6O4P/c14-13-17-11(16-9-3-1-2-4-9)10-12(18-13)19(7-15-10)5-6-23-8-24(20,21)22/h7,9H,1-6,8H2,(H2,20,21,22)(H3,14,16,17,18). The van der Waals surface area contributed by atoms with Crippen molar-refractivity contribution >= 4 is 30.5 Å². The van der Waals surface area contributed by atoms with E-state index in [1.54, 1.807) is 10.9 Å². The van der Waals surface area contributed by atoms with Gasteiger partial charge < -0.3 is 30.1 Å². The number of aromatic nitrogens is 4. The molecule has 1 aliphatic carbocycles. The predicted octanol–water partition coefficient (Wildman–Crippen LogP) is 0.915. The molecule has 3 rings (SSSR count). The zero-order valence-corrected chi connectivity index (χ0v) is 14.0. The molecule has 0 aromatic carbocycles. The molecule has 2 aromatic heterocycles. The highest BCUT2D eigenvalue weighted by Crippen LogP contribution is 2.33. The van der Waals surface area contributed by atoms with Gasteiger partial charge in [0, 0.05) is 12.6 Å². The third kappa shape index (κ3) is 4.21. The van der Waals surface area contributed by atoms with E-state index in [1.165, 1.54) is 12.8 Å². The monoisotopic (exact) mass is 356 g/mol. The average Bonchev–Trinajstić information content (AvgIpc) is 3.12. The highest BCUT2D eigenvalue weighted by atomic mass is 31.2. The van der Waals surface area contributed by atoms with Crippen LogP contribution in [0.5, 0.6) is 0 Å². The van der Waals surface area contributed by atoms with Crippen molar-refractivity contribution in [2.45, 2.75) is 38.3 Å².